The first kappa shape index (κ1) is 11.4. The van der Waals surface area contributed by atoms with Gasteiger partial charge in [-0.05, 0) is 63.6 Å². The van der Waals surface area contributed by atoms with E-state index in [1.165, 1.54) is 58.2 Å². The normalized spacial score (nSPS) is 31.8. The van der Waals surface area contributed by atoms with Crippen molar-refractivity contribution in [3.05, 3.63) is 0 Å². The Labute approximate surface area is 94.2 Å². The average molecular weight is 210 g/mol. The van der Waals surface area contributed by atoms with Gasteiger partial charge in [0, 0.05) is 6.04 Å². The fraction of sp³-hybridized carbons (Fsp3) is 1.00. The first-order chi connectivity index (χ1) is 7.40. The molecule has 1 saturated carbocycles. The van der Waals surface area contributed by atoms with Crippen molar-refractivity contribution in [3.8, 4) is 0 Å². The molecule has 2 unspecified atom stereocenters. The Morgan fingerprint density at radius 2 is 2.00 bits per heavy atom. The second-order valence-electron chi connectivity index (χ2n) is 5.33. The number of rotatable bonds is 6. The van der Waals surface area contributed by atoms with E-state index in [-0.39, 0.29) is 0 Å². The molecule has 1 heterocycles. The third kappa shape index (κ3) is 3.76. The molecule has 2 nitrogen and oxygen atoms in total. The Bertz CT molecular complexity index is 175. The van der Waals surface area contributed by atoms with Crippen molar-refractivity contribution in [2.75, 3.05) is 19.6 Å². The van der Waals surface area contributed by atoms with Crippen LogP contribution in [0.4, 0.5) is 0 Å². The molecule has 2 aliphatic rings. The molecule has 1 aliphatic heterocycles. The summed E-state index contributed by atoms with van der Waals surface area (Å²) < 4.78 is 0. The number of hydrogen-bond acceptors (Lipinski definition) is 2. The van der Waals surface area contributed by atoms with Gasteiger partial charge < -0.3 is 10.6 Å². The van der Waals surface area contributed by atoms with Crippen LogP contribution >= 0.6 is 0 Å². The van der Waals surface area contributed by atoms with E-state index >= 15 is 0 Å². The average Bonchev–Trinajstić information content (AvgIpc) is 2.99. The Kier molecular flexibility index (Phi) is 4.45. The van der Waals surface area contributed by atoms with Gasteiger partial charge in [-0.2, -0.15) is 0 Å². The molecule has 0 aromatic rings. The van der Waals surface area contributed by atoms with Gasteiger partial charge in [0.05, 0.1) is 0 Å². The third-order valence-corrected chi connectivity index (χ3v) is 4.00. The highest BCUT2D eigenvalue weighted by atomic mass is 15.0. The molecule has 0 aromatic carbocycles. The van der Waals surface area contributed by atoms with Crippen LogP contribution in [0, 0.1) is 11.8 Å². The minimum atomic E-state index is 0.881. The summed E-state index contributed by atoms with van der Waals surface area (Å²) in [7, 11) is 0. The third-order valence-electron chi connectivity index (χ3n) is 4.00. The van der Waals surface area contributed by atoms with E-state index in [0.29, 0.717) is 0 Å². The van der Waals surface area contributed by atoms with Crippen molar-refractivity contribution in [1.29, 1.82) is 0 Å². The van der Waals surface area contributed by atoms with Crippen LogP contribution in [-0.4, -0.2) is 25.7 Å². The molecule has 2 heteroatoms. The number of piperidine rings is 1. The van der Waals surface area contributed by atoms with Gasteiger partial charge in [0.25, 0.3) is 0 Å². The molecule has 0 amide bonds. The van der Waals surface area contributed by atoms with Gasteiger partial charge in [-0.1, -0.05) is 13.3 Å². The van der Waals surface area contributed by atoms with Crippen LogP contribution in [0.25, 0.3) is 0 Å². The summed E-state index contributed by atoms with van der Waals surface area (Å²) in [5, 5.41) is 7.15. The van der Waals surface area contributed by atoms with E-state index in [1.54, 1.807) is 0 Å². The van der Waals surface area contributed by atoms with Gasteiger partial charge in [-0.15, -0.1) is 0 Å². The molecule has 0 spiro atoms. The van der Waals surface area contributed by atoms with Gasteiger partial charge in [0.2, 0.25) is 0 Å². The highest BCUT2D eigenvalue weighted by Gasteiger charge is 2.35. The Balaban J connectivity index is 1.48. The SMILES string of the molecule is CCCC1CC1NCCC1CCNCC1. The molecule has 2 fully saturated rings. The Hall–Kier alpha value is -0.0800. The molecular weight excluding hydrogens is 184 g/mol. The van der Waals surface area contributed by atoms with E-state index in [2.05, 4.69) is 17.6 Å². The summed E-state index contributed by atoms with van der Waals surface area (Å²) >= 11 is 0. The van der Waals surface area contributed by atoms with Crippen LogP contribution in [0.5, 0.6) is 0 Å². The van der Waals surface area contributed by atoms with Gasteiger partial charge in [0.1, 0.15) is 0 Å². The molecule has 0 radical (unpaired) electrons. The van der Waals surface area contributed by atoms with Gasteiger partial charge >= 0.3 is 0 Å². The van der Waals surface area contributed by atoms with Gasteiger partial charge in [-0.3, -0.25) is 0 Å². The van der Waals surface area contributed by atoms with Crippen LogP contribution in [0.1, 0.15) is 45.4 Å². The summed E-state index contributed by atoms with van der Waals surface area (Å²) in [6.45, 7) is 6.04. The van der Waals surface area contributed by atoms with Crippen LogP contribution in [0.15, 0.2) is 0 Å². The zero-order valence-corrected chi connectivity index (χ0v) is 10.1. The Morgan fingerprint density at radius 3 is 2.73 bits per heavy atom. The van der Waals surface area contributed by atoms with Crippen molar-refractivity contribution in [1.82, 2.24) is 10.6 Å². The lowest BCUT2D eigenvalue weighted by atomic mass is 9.95. The molecule has 1 aliphatic carbocycles. The van der Waals surface area contributed by atoms with Gasteiger partial charge in [0.15, 0.2) is 0 Å². The summed E-state index contributed by atoms with van der Waals surface area (Å²) in [4.78, 5) is 0. The van der Waals surface area contributed by atoms with Crippen LogP contribution in [0.3, 0.4) is 0 Å². The predicted molar refractivity (Wildman–Crippen MR) is 65.0 cm³/mol. The van der Waals surface area contributed by atoms with Crippen molar-refractivity contribution in [3.63, 3.8) is 0 Å². The lowest BCUT2D eigenvalue weighted by Crippen LogP contribution is -2.30. The topological polar surface area (TPSA) is 24.1 Å². The first-order valence-corrected chi connectivity index (χ1v) is 6.84. The van der Waals surface area contributed by atoms with Crippen LogP contribution in [0.2, 0.25) is 0 Å². The fourth-order valence-corrected chi connectivity index (χ4v) is 2.83. The zero-order valence-electron chi connectivity index (χ0n) is 10.1. The van der Waals surface area contributed by atoms with Crippen molar-refractivity contribution in [2.24, 2.45) is 11.8 Å². The van der Waals surface area contributed by atoms with E-state index in [9.17, 15) is 0 Å². The maximum atomic E-state index is 3.72. The first-order valence-electron chi connectivity index (χ1n) is 6.84. The fourth-order valence-electron chi connectivity index (χ4n) is 2.83. The molecule has 2 N–H and O–H groups in total. The molecule has 88 valence electrons. The minimum Gasteiger partial charge on any atom is -0.317 e. The summed E-state index contributed by atoms with van der Waals surface area (Å²) in [6, 6.07) is 0.881. The minimum absolute atomic E-state index is 0.881. The highest BCUT2D eigenvalue weighted by Crippen LogP contribution is 2.34. The highest BCUT2D eigenvalue weighted by molar-refractivity contribution is 4.92. The lowest BCUT2D eigenvalue weighted by molar-refractivity contribution is 0.347. The monoisotopic (exact) mass is 210 g/mol. The maximum absolute atomic E-state index is 3.72. The second kappa shape index (κ2) is 5.86. The molecule has 15 heavy (non-hydrogen) atoms. The largest absolute Gasteiger partial charge is 0.317 e. The molecule has 0 bridgehead atoms. The zero-order chi connectivity index (χ0) is 10.5. The summed E-state index contributed by atoms with van der Waals surface area (Å²) in [6.07, 6.45) is 8.43. The smallest absolute Gasteiger partial charge is 0.00991 e. The van der Waals surface area contributed by atoms with Crippen LogP contribution < -0.4 is 10.6 Å². The Morgan fingerprint density at radius 1 is 1.20 bits per heavy atom. The summed E-state index contributed by atoms with van der Waals surface area (Å²) in [5.74, 6) is 2.00. The number of hydrogen-bond donors (Lipinski definition) is 2. The van der Waals surface area contributed by atoms with E-state index in [0.717, 1.165) is 17.9 Å². The summed E-state index contributed by atoms with van der Waals surface area (Å²) in [5.41, 5.74) is 0. The molecule has 2 rings (SSSR count). The van der Waals surface area contributed by atoms with E-state index in [1.807, 2.05) is 0 Å². The molecule has 1 saturated heterocycles. The number of nitrogens with one attached hydrogen (secondary N) is 2. The maximum Gasteiger partial charge on any atom is 0.00991 e. The standard InChI is InChI=1S/C13H26N2/c1-2-3-12-10-13(12)15-9-6-11-4-7-14-8-5-11/h11-15H,2-10H2,1H3. The molecular formula is C13H26N2. The predicted octanol–water partition coefficient (Wildman–Crippen LogP) is 2.15. The lowest BCUT2D eigenvalue weighted by Gasteiger charge is -2.22. The van der Waals surface area contributed by atoms with E-state index < -0.39 is 0 Å². The quantitative estimate of drug-likeness (QED) is 0.702. The molecule has 0 aromatic heterocycles. The van der Waals surface area contributed by atoms with Gasteiger partial charge in [-0.25, -0.2) is 0 Å². The second-order valence-corrected chi connectivity index (χ2v) is 5.33. The van der Waals surface area contributed by atoms with E-state index in [4.69, 9.17) is 0 Å². The molecule has 2 atom stereocenters. The van der Waals surface area contributed by atoms with Crippen molar-refractivity contribution >= 4 is 0 Å². The van der Waals surface area contributed by atoms with Crippen molar-refractivity contribution < 1.29 is 0 Å². The van der Waals surface area contributed by atoms with Crippen LogP contribution in [-0.2, 0) is 0 Å². The van der Waals surface area contributed by atoms with Crippen molar-refractivity contribution in [2.45, 2.75) is 51.5 Å².